The number of nitrogens with two attached hydrogens (primary N) is 1. The largest absolute Gasteiger partial charge is 0.375 e. The third-order valence-corrected chi connectivity index (χ3v) is 6.66. The summed E-state index contributed by atoms with van der Waals surface area (Å²) in [6, 6.07) is 14.1. The van der Waals surface area contributed by atoms with Gasteiger partial charge >= 0.3 is 0 Å². The van der Waals surface area contributed by atoms with E-state index in [0.717, 1.165) is 39.7 Å². The van der Waals surface area contributed by atoms with E-state index in [1.807, 2.05) is 35.4 Å². The topological polar surface area (TPSA) is 138 Å². The molecule has 0 bridgehead atoms. The maximum absolute atomic E-state index is 11.3. The van der Waals surface area contributed by atoms with Gasteiger partial charge in [-0.1, -0.05) is 24.3 Å². The highest BCUT2D eigenvalue weighted by molar-refractivity contribution is 7.80. The highest BCUT2D eigenvalue weighted by atomic mass is 32.1. The Bertz CT molecular complexity index is 2170. The molecule has 2 aromatic carbocycles. The average Bonchev–Trinajstić information content (AvgIpc) is 3.67. The molecule has 3 N–H and O–H groups in total. The van der Waals surface area contributed by atoms with Gasteiger partial charge in [-0.25, -0.2) is 29.6 Å². The second-order valence-electron chi connectivity index (χ2n) is 9.45. The molecule has 6 aromatic rings. The SMILES string of the molecule is [C-]#[N+]c1ccc2c(/C=N/NC(N)=S)cc(-c3cncn3C)nc2c1.[C-]#[N+]c1ccc2c(C=O)cc(-c3cncn3C)nc2c1. The zero-order valence-electron chi connectivity index (χ0n) is 23.5. The molecule has 6 rings (SSSR count). The molecule has 4 heterocycles. The first-order valence-electron chi connectivity index (χ1n) is 12.9. The number of nitrogens with one attached hydrogen (secondary N) is 1. The molecule has 0 saturated heterocycles. The Hall–Kier alpha value is -6.31. The monoisotopic (exact) mass is 597 g/mol. The smallest absolute Gasteiger partial charge is 0.189 e. The van der Waals surface area contributed by atoms with Gasteiger partial charge in [-0.2, -0.15) is 5.10 Å². The molecule has 214 valence electrons. The van der Waals surface area contributed by atoms with Gasteiger partial charge in [0.15, 0.2) is 22.8 Å². The summed E-state index contributed by atoms with van der Waals surface area (Å²) in [7, 11) is 3.76. The molecule has 0 aliphatic rings. The van der Waals surface area contributed by atoms with E-state index in [2.05, 4.69) is 40.2 Å². The Morgan fingerprint density at radius 1 is 0.864 bits per heavy atom. The van der Waals surface area contributed by atoms with E-state index >= 15 is 0 Å². The van der Waals surface area contributed by atoms with Crippen LogP contribution in [0.5, 0.6) is 0 Å². The summed E-state index contributed by atoms with van der Waals surface area (Å²) in [5.74, 6) is 0. The number of thiocarbonyl (C=S) groups is 1. The number of carbonyl (C=O) groups is 1. The lowest BCUT2D eigenvalue weighted by Gasteiger charge is -2.08. The summed E-state index contributed by atoms with van der Waals surface area (Å²) in [6.45, 7) is 14.2. The van der Waals surface area contributed by atoms with Crippen LogP contribution in [0.2, 0.25) is 0 Å². The van der Waals surface area contributed by atoms with Crippen LogP contribution in [0.3, 0.4) is 0 Å². The minimum absolute atomic E-state index is 0.0896. The lowest BCUT2D eigenvalue weighted by molar-refractivity contribution is 0.112. The average molecular weight is 598 g/mol. The van der Waals surface area contributed by atoms with Gasteiger partial charge in [0.1, 0.15) is 0 Å². The van der Waals surface area contributed by atoms with E-state index in [1.54, 1.807) is 67.7 Å². The Balaban J connectivity index is 0.000000177. The van der Waals surface area contributed by atoms with Gasteiger partial charge in [0.25, 0.3) is 0 Å². The van der Waals surface area contributed by atoms with Crippen molar-refractivity contribution in [1.29, 1.82) is 0 Å². The zero-order chi connectivity index (χ0) is 31.2. The second kappa shape index (κ2) is 12.7. The number of hydrogen-bond acceptors (Lipinski definition) is 7. The first kappa shape index (κ1) is 29.2. The molecule has 0 aliphatic heterocycles. The second-order valence-corrected chi connectivity index (χ2v) is 9.89. The molecule has 13 heteroatoms. The highest BCUT2D eigenvalue weighted by Crippen LogP contribution is 2.28. The standard InChI is InChI=1S/C16H13N7S.C15H10N4O/c1-18-11-3-4-12-10(7-20-22-16(17)24)5-14(21-13(12)6-11)15-8-19-9-23(15)2;1-16-11-3-4-12-10(8-20)5-14(18-13(12)6-11)15-7-17-9-19(15)2/h3-9H,2H3,(H3,17,22,24);3-9H,2H3/b20-7+;. The first-order valence-corrected chi connectivity index (χ1v) is 13.3. The first-order chi connectivity index (χ1) is 21.3. The number of fused-ring (bicyclic) bond motifs is 2. The van der Waals surface area contributed by atoms with Crippen molar-refractivity contribution in [2.45, 2.75) is 0 Å². The summed E-state index contributed by atoms with van der Waals surface area (Å²) in [4.78, 5) is 35.5. The number of aldehydes is 1. The molecule has 0 atom stereocenters. The number of benzene rings is 2. The molecule has 12 nitrogen and oxygen atoms in total. The summed E-state index contributed by atoms with van der Waals surface area (Å²) in [5, 5.41) is 5.74. The van der Waals surface area contributed by atoms with Crippen molar-refractivity contribution in [2.24, 2.45) is 24.9 Å². The minimum atomic E-state index is 0.0896. The van der Waals surface area contributed by atoms with Crippen LogP contribution in [-0.2, 0) is 14.1 Å². The van der Waals surface area contributed by atoms with Crippen LogP contribution in [-0.4, -0.2) is 46.7 Å². The van der Waals surface area contributed by atoms with Gasteiger partial charge in [0.05, 0.1) is 78.2 Å². The third-order valence-electron chi connectivity index (χ3n) is 6.57. The number of imidazole rings is 2. The van der Waals surface area contributed by atoms with Crippen molar-refractivity contribution in [3.05, 3.63) is 108 Å². The number of hydrogen-bond donors (Lipinski definition) is 2. The fourth-order valence-electron chi connectivity index (χ4n) is 4.47. The lowest BCUT2D eigenvalue weighted by atomic mass is 10.1. The maximum Gasteiger partial charge on any atom is 0.189 e. The number of carbonyl (C=O) groups excluding carboxylic acids is 1. The van der Waals surface area contributed by atoms with E-state index in [-0.39, 0.29) is 5.11 Å². The number of aryl methyl sites for hydroxylation is 2. The van der Waals surface area contributed by atoms with E-state index in [9.17, 15) is 4.79 Å². The van der Waals surface area contributed by atoms with Gasteiger partial charge in [-0.05, 0) is 36.5 Å². The van der Waals surface area contributed by atoms with Crippen LogP contribution in [0.4, 0.5) is 11.4 Å². The Labute approximate surface area is 257 Å². The number of rotatable bonds is 5. The normalized spacial score (nSPS) is 10.6. The van der Waals surface area contributed by atoms with Crippen LogP contribution in [0.25, 0.3) is 54.3 Å². The van der Waals surface area contributed by atoms with Gasteiger partial charge in [0.2, 0.25) is 0 Å². The Morgan fingerprint density at radius 2 is 1.36 bits per heavy atom. The fourth-order valence-corrected chi connectivity index (χ4v) is 4.52. The number of aromatic nitrogens is 6. The van der Waals surface area contributed by atoms with Crippen LogP contribution in [0, 0.1) is 13.1 Å². The van der Waals surface area contributed by atoms with Crippen molar-refractivity contribution in [1.82, 2.24) is 34.5 Å². The van der Waals surface area contributed by atoms with Gasteiger partial charge in [-0.3, -0.25) is 10.2 Å². The van der Waals surface area contributed by atoms with Crippen molar-refractivity contribution < 1.29 is 4.79 Å². The summed E-state index contributed by atoms with van der Waals surface area (Å²) in [5.41, 5.74) is 14.8. The highest BCUT2D eigenvalue weighted by Gasteiger charge is 2.11. The number of pyridine rings is 2. The van der Waals surface area contributed by atoms with E-state index in [0.29, 0.717) is 33.7 Å². The third kappa shape index (κ3) is 6.13. The summed E-state index contributed by atoms with van der Waals surface area (Å²) in [6.07, 6.45) is 9.25. The minimum Gasteiger partial charge on any atom is -0.375 e. The van der Waals surface area contributed by atoms with Crippen molar-refractivity contribution in [3.63, 3.8) is 0 Å². The van der Waals surface area contributed by atoms with E-state index in [1.165, 1.54) is 0 Å². The fraction of sp³-hybridized carbons (Fsp3) is 0.0645. The zero-order valence-corrected chi connectivity index (χ0v) is 24.3. The molecule has 0 saturated carbocycles. The number of hydrazone groups is 1. The molecule has 0 aliphatic carbocycles. The van der Waals surface area contributed by atoms with Gasteiger partial charge < -0.3 is 14.9 Å². The predicted octanol–water partition coefficient (Wildman–Crippen LogP) is 5.35. The molecular weight excluding hydrogens is 574 g/mol. The molecule has 0 unspecified atom stereocenters. The van der Waals surface area contributed by atoms with Crippen molar-refractivity contribution in [2.75, 3.05) is 0 Å². The Kier molecular flexibility index (Phi) is 8.42. The maximum atomic E-state index is 11.3. The lowest BCUT2D eigenvalue weighted by Crippen LogP contribution is -2.24. The molecule has 0 fully saturated rings. The van der Waals surface area contributed by atoms with Crippen LogP contribution in [0.15, 0.2) is 78.7 Å². The van der Waals surface area contributed by atoms with Crippen LogP contribution < -0.4 is 11.2 Å². The number of nitrogens with zero attached hydrogens (tertiary/aromatic N) is 9. The molecular formula is C31H23N11OS. The van der Waals surface area contributed by atoms with Gasteiger partial charge in [0, 0.05) is 36.0 Å². The molecule has 0 spiro atoms. The van der Waals surface area contributed by atoms with Gasteiger partial charge in [-0.15, -0.1) is 0 Å². The molecule has 0 amide bonds. The van der Waals surface area contributed by atoms with Crippen LogP contribution in [0.1, 0.15) is 15.9 Å². The van der Waals surface area contributed by atoms with E-state index in [4.69, 9.17) is 31.1 Å². The van der Waals surface area contributed by atoms with Crippen molar-refractivity contribution >= 4 is 63.0 Å². The summed E-state index contributed by atoms with van der Waals surface area (Å²) < 4.78 is 3.71. The quantitative estimate of drug-likeness (QED) is 0.0892. The molecule has 44 heavy (non-hydrogen) atoms. The van der Waals surface area contributed by atoms with Crippen molar-refractivity contribution in [3.8, 4) is 22.8 Å². The molecule has 0 radical (unpaired) electrons. The molecule has 4 aromatic heterocycles. The predicted molar refractivity (Wildman–Crippen MR) is 173 cm³/mol. The van der Waals surface area contributed by atoms with E-state index < -0.39 is 0 Å². The van der Waals surface area contributed by atoms with Crippen LogP contribution >= 0.6 is 12.2 Å². The Morgan fingerprint density at radius 3 is 1.80 bits per heavy atom. The summed E-state index contributed by atoms with van der Waals surface area (Å²) >= 11 is 4.74.